The van der Waals surface area contributed by atoms with Crippen LogP contribution in [0.4, 0.5) is 5.13 Å². The Morgan fingerprint density at radius 2 is 1.76 bits per heavy atom. The van der Waals surface area contributed by atoms with Gasteiger partial charge < -0.3 is 15.5 Å². The van der Waals surface area contributed by atoms with E-state index in [1.165, 1.54) is 11.3 Å². The third-order valence-corrected chi connectivity index (χ3v) is 4.74. The van der Waals surface area contributed by atoms with Crippen molar-refractivity contribution in [3.05, 3.63) is 77.4 Å². The lowest BCUT2D eigenvalue weighted by Crippen LogP contribution is -2.13. The molecule has 0 aliphatic rings. The van der Waals surface area contributed by atoms with Crippen LogP contribution in [0.5, 0.6) is 11.5 Å². The van der Waals surface area contributed by atoms with Gasteiger partial charge in [0.1, 0.15) is 17.0 Å². The van der Waals surface area contributed by atoms with E-state index in [2.05, 4.69) is 15.3 Å². The molecule has 4 rings (SSSR count). The molecule has 0 saturated heterocycles. The van der Waals surface area contributed by atoms with Gasteiger partial charge in [-0.05, 0) is 12.1 Å². The van der Waals surface area contributed by atoms with Gasteiger partial charge >= 0.3 is 0 Å². The van der Waals surface area contributed by atoms with Gasteiger partial charge in [0.25, 0.3) is 0 Å². The van der Waals surface area contributed by atoms with E-state index in [0.717, 1.165) is 5.39 Å². The molecule has 2 heterocycles. The highest BCUT2D eigenvalue weighted by atomic mass is 32.1. The summed E-state index contributed by atoms with van der Waals surface area (Å²) >= 11 is 1.45. The van der Waals surface area contributed by atoms with Crippen LogP contribution in [0.1, 0.15) is 17.2 Å². The number of anilines is 1. The molecule has 0 radical (unpaired) electrons. The average Bonchev–Trinajstić information content (AvgIpc) is 3.15. The van der Waals surface area contributed by atoms with E-state index in [4.69, 9.17) is 0 Å². The number of nitrogens with one attached hydrogen (secondary N) is 1. The molecule has 0 aliphatic carbocycles. The first-order chi connectivity index (χ1) is 12.2. The molecule has 5 nitrogen and oxygen atoms in total. The molecule has 0 bridgehead atoms. The Hall–Kier alpha value is -3.12. The third-order valence-electron chi connectivity index (χ3n) is 4.04. The number of hydrogen-bond donors (Lipinski definition) is 3. The molecule has 4 aromatic rings. The second kappa shape index (κ2) is 6.41. The topological polar surface area (TPSA) is 78.3 Å². The van der Waals surface area contributed by atoms with Gasteiger partial charge in [-0.15, -0.1) is 11.3 Å². The first-order valence-corrected chi connectivity index (χ1v) is 8.62. The van der Waals surface area contributed by atoms with Crippen molar-refractivity contribution in [2.24, 2.45) is 0 Å². The molecule has 6 heteroatoms. The SMILES string of the molecule is Oc1ccccc1[C@H](Nc1nccs1)c1ccc2cccnc2c1O. The molecule has 25 heavy (non-hydrogen) atoms. The first-order valence-electron chi connectivity index (χ1n) is 7.74. The van der Waals surface area contributed by atoms with Gasteiger partial charge in [-0.25, -0.2) is 4.98 Å². The minimum Gasteiger partial charge on any atom is -0.508 e. The van der Waals surface area contributed by atoms with E-state index >= 15 is 0 Å². The summed E-state index contributed by atoms with van der Waals surface area (Å²) in [5.74, 6) is 0.243. The van der Waals surface area contributed by atoms with Crippen LogP contribution < -0.4 is 5.32 Å². The predicted molar refractivity (Wildman–Crippen MR) is 99.1 cm³/mol. The minimum atomic E-state index is -0.459. The lowest BCUT2D eigenvalue weighted by molar-refractivity contribution is 0.460. The van der Waals surface area contributed by atoms with E-state index in [0.29, 0.717) is 21.8 Å². The van der Waals surface area contributed by atoms with Gasteiger partial charge in [-0.2, -0.15) is 0 Å². The van der Waals surface area contributed by atoms with Gasteiger partial charge in [0.05, 0.1) is 6.04 Å². The zero-order valence-electron chi connectivity index (χ0n) is 13.1. The summed E-state index contributed by atoms with van der Waals surface area (Å²) in [6, 6.07) is 14.1. The Kier molecular flexibility index (Phi) is 3.95. The van der Waals surface area contributed by atoms with Crippen molar-refractivity contribution in [2.75, 3.05) is 5.32 Å². The standard InChI is InChI=1S/C19H15N3O2S/c23-15-6-2-1-5-13(15)17(22-19-21-10-11-25-19)14-8-7-12-4-3-9-20-16(12)18(14)24/h1-11,17,23-24H,(H,21,22)/t17-/m0/s1. The van der Waals surface area contributed by atoms with Crippen LogP contribution in [0, 0.1) is 0 Å². The van der Waals surface area contributed by atoms with Crippen LogP contribution in [0.15, 0.2) is 66.3 Å². The van der Waals surface area contributed by atoms with E-state index in [1.54, 1.807) is 24.5 Å². The average molecular weight is 349 g/mol. The van der Waals surface area contributed by atoms with Crippen molar-refractivity contribution in [2.45, 2.75) is 6.04 Å². The van der Waals surface area contributed by atoms with Crippen LogP contribution >= 0.6 is 11.3 Å². The van der Waals surface area contributed by atoms with Crippen molar-refractivity contribution in [1.29, 1.82) is 0 Å². The Balaban J connectivity index is 1.89. The van der Waals surface area contributed by atoms with Crippen molar-refractivity contribution in [3.63, 3.8) is 0 Å². The number of aromatic nitrogens is 2. The minimum absolute atomic E-state index is 0.0930. The molecule has 0 unspecified atom stereocenters. The lowest BCUT2D eigenvalue weighted by atomic mass is 9.96. The van der Waals surface area contributed by atoms with E-state index in [1.807, 2.05) is 41.8 Å². The molecule has 0 saturated carbocycles. The maximum absolute atomic E-state index is 10.8. The summed E-state index contributed by atoms with van der Waals surface area (Å²) in [6.45, 7) is 0. The molecule has 2 aromatic carbocycles. The summed E-state index contributed by atoms with van der Waals surface area (Å²) in [4.78, 5) is 8.54. The monoisotopic (exact) mass is 349 g/mol. The molecule has 1 atom stereocenters. The Morgan fingerprint density at radius 1 is 0.880 bits per heavy atom. The van der Waals surface area contributed by atoms with E-state index in [9.17, 15) is 10.2 Å². The molecule has 124 valence electrons. The molecule has 0 spiro atoms. The number of thiazole rings is 1. The highest BCUT2D eigenvalue weighted by Crippen LogP contribution is 2.39. The number of hydrogen-bond acceptors (Lipinski definition) is 6. The second-order valence-electron chi connectivity index (χ2n) is 5.55. The molecule has 0 aliphatic heterocycles. The van der Waals surface area contributed by atoms with Crippen LogP contribution in [0.3, 0.4) is 0 Å². The number of aromatic hydroxyl groups is 2. The zero-order chi connectivity index (χ0) is 17.2. The Bertz CT molecular complexity index is 1020. The van der Waals surface area contributed by atoms with Crippen molar-refractivity contribution in [1.82, 2.24) is 9.97 Å². The molecular formula is C19H15N3O2S. The van der Waals surface area contributed by atoms with Gasteiger partial charge in [0.2, 0.25) is 0 Å². The van der Waals surface area contributed by atoms with E-state index < -0.39 is 6.04 Å². The highest BCUT2D eigenvalue weighted by molar-refractivity contribution is 7.13. The number of pyridine rings is 1. The molecule has 3 N–H and O–H groups in total. The highest BCUT2D eigenvalue weighted by Gasteiger charge is 2.22. The summed E-state index contributed by atoms with van der Waals surface area (Å²) < 4.78 is 0. The van der Waals surface area contributed by atoms with Crippen molar-refractivity contribution >= 4 is 27.4 Å². The summed E-state index contributed by atoms with van der Waals surface area (Å²) in [6.07, 6.45) is 3.35. The lowest BCUT2D eigenvalue weighted by Gasteiger charge is -2.21. The number of phenols is 2. The maximum atomic E-state index is 10.8. The van der Waals surface area contributed by atoms with Crippen LogP contribution in [0.25, 0.3) is 10.9 Å². The fourth-order valence-corrected chi connectivity index (χ4v) is 3.41. The van der Waals surface area contributed by atoms with Crippen LogP contribution in [-0.4, -0.2) is 20.2 Å². The Labute approximate surface area is 148 Å². The number of fused-ring (bicyclic) bond motifs is 1. The third kappa shape index (κ3) is 2.88. The zero-order valence-corrected chi connectivity index (χ0v) is 13.9. The molecular weight excluding hydrogens is 334 g/mol. The first kappa shape index (κ1) is 15.4. The fraction of sp³-hybridized carbons (Fsp3) is 0.0526. The number of phenolic OH excluding ortho intramolecular Hbond substituents is 2. The number of nitrogens with zero attached hydrogens (tertiary/aromatic N) is 2. The van der Waals surface area contributed by atoms with Gasteiger partial charge in [0, 0.05) is 34.3 Å². The summed E-state index contributed by atoms with van der Waals surface area (Å²) in [5.41, 5.74) is 1.81. The van der Waals surface area contributed by atoms with Gasteiger partial charge in [-0.3, -0.25) is 4.98 Å². The number of rotatable bonds is 4. The van der Waals surface area contributed by atoms with Crippen molar-refractivity contribution < 1.29 is 10.2 Å². The predicted octanol–water partition coefficient (Wildman–Crippen LogP) is 4.30. The normalized spacial score (nSPS) is 12.2. The number of para-hydroxylation sites is 1. The smallest absolute Gasteiger partial charge is 0.183 e. The largest absolute Gasteiger partial charge is 0.508 e. The molecule has 0 fully saturated rings. The quantitative estimate of drug-likeness (QED) is 0.512. The summed E-state index contributed by atoms with van der Waals surface area (Å²) in [5, 5.41) is 27.8. The van der Waals surface area contributed by atoms with Gasteiger partial charge in [0.15, 0.2) is 5.13 Å². The van der Waals surface area contributed by atoms with Crippen molar-refractivity contribution in [3.8, 4) is 11.5 Å². The molecule has 2 aromatic heterocycles. The van der Waals surface area contributed by atoms with Gasteiger partial charge in [-0.1, -0.05) is 36.4 Å². The maximum Gasteiger partial charge on any atom is 0.183 e. The van der Waals surface area contributed by atoms with Crippen LogP contribution in [-0.2, 0) is 0 Å². The second-order valence-corrected chi connectivity index (χ2v) is 6.45. The number of benzene rings is 2. The molecule has 0 amide bonds. The summed E-state index contributed by atoms with van der Waals surface area (Å²) in [7, 11) is 0. The van der Waals surface area contributed by atoms with Crippen LogP contribution in [0.2, 0.25) is 0 Å². The van der Waals surface area contributed by atoms with E-state index in [-0.39, 0.29) is 11.5 Å². The fourth-order valence-electron chi connectivity index (χ4n) is 2.85. The Morgan fingerprint density at radius 3 is 2.56 bits per heavy atom.